The van der Waals surface area contributed by atoms with Gasteiger partial charge in [-0.15, -0.1) is 0 Å². The molecule has 0 spiro atoms. The molecule has 0 bridgehead atoms. The number of benzene rings is 5. The number of para-hydroxylation sites is 2. The Kier molecular flexibility index (Phi) is 50.1. The Morgan fingerprint density at radius 2 is 0.597 bits per heavy atom. The van der Waals surface area contributed by atoms with Crippen LogP contribution in [0.25, 0.3) is 21.8 Å². The van der Waals surface area contributed by atoms with Crippen LogP contribution in [0.1, 0.15) is 159 Å². The van der Waals surface area contributed by atoms with Gasteiger partial charge < -0.3 is 134 Å². The van der Waals surface area contributed by atoms with E-state index >= 15 is 28.8 Å². The van der Waals surface area contributed by atoms with E-state index in [0.717, 1.165) is 0 Å². The first-order valence-corrected chi connectivity index (χ1v) is 50.5. The highest BCUT2D eigenvalue weighted by molar-refractivity contribution is 7.80. The summed E-state index contributed by atoms with van der Waals surface area (Å²) in [7, 11) is 0. The third-order valence-corrected chi connectivity index (χ3v) is 25.0. The van der Waals surface area contributed by atoms with Gasteiger partial charge in [0.2, 0.25) is 100 Å². The number of amides is 17. The largest absolute Gasteiger partial charge is 0.481 e. The molecule has 17 amide bonds. The maximum absolute atomic E-state index is 15.4. The Balaban J connectivity index is 1.14. The number of carbonyl (C=O) groups is 20. The molecule has 0 aliphatic carbocycles. The smallest absolute Gasteiger partial charge is 0.326 e. The SMILES string of the molecule is CC(C)C[C@H](NC(=O)[C@H](CC(C)C)NC(=O)[C@H](CC(N)=O)NC(=O)[C@H](CS)NC(=O)[C@H](Cc1ccccc1)NC(=O)[C@H](Cc1c[nH]c2ccccc12)NC(=O)[C@H](CCC(N)=O)NC(=O)[C@H](CCCCN)NC(=O)[C@H](CCCCN)NC(=O)[C@H](Cc1ccccc1)NC(=O)[C@H](Cc1ccccc1)NC(=O)[C@H](CCC(=O)O)NC(=O)[C@H](CS)NC(=O)[C@@H](NC(=O)[C@H](Cc1c[nH]c2ccccc12)NC(=O)[C@@H](N)CC(=O)O)C(C)C)C(=O)O. The van der Waals surface area contributed by atoms with Crippen molar-refractivity contribution in [3.8, 4) is 0 Å². The number of aromatic nitrogens is 2. The van der Waals surface area contributed by atoms with Crippen molar-refractivity contribution in [1.82, 2.24) is 89.7 Å². The van der Waals surface area contributed by atoms with Crippen LogP contribution in [-0.4, -0.2) is 265 Å². The number of aromatic amines is 2. The lowest BCUT2D eigenvalue weighted by molar-refractivity contribution is -0.143. The molecule has 7 aromatic rings. The number of nitrogens with two attached hydrogens (primary N) is 5. The highest BCUT2D eigenvalue weighted by Gasteiger charge is 2.41. The normalized spacial score (nSPS) is 14.5. The van der Waals surface area contributed by atoms with E-state index in [9.17, 15) is 82.4 Å². The van der Waals surface area contributed by atoms with Gasteiger partial charge in [0.05, 0.1) is 18.9 Å². The summed E-state index contributed by atoms with van der Waals surface area (Å²) in [5, 5.41) is 69.5. The Hall–Kier alpha value is -14.8. The van der Waals surface area contributed by atoms with Gasteiger partial charge in [0.1, 0.15) is 90.6 Å². The molecule has 0 fully saturated rings. The third-order valence-electron chi connectivity index (χ3n) is 24.3. The van der Waals surface area contributed by atoms with Crippen LogP contribution in [0.3, 0.4) is 0 Å². The summed E-state index contributed by atoms with van der Waals surface area (Å²) in [4.78, 5) is 288. The number of carboxylic acid groups (broad SMARTS) is 3. The van der Waals surface area contributed by atoms with Gasteiger partial charge >= 0.3 is 17.9 Å². The zero-order chi connectivity index (χ0) is 110. The van der Waals surface area contributed by atoms with Gasteiger partial charge in [0.25, 0.3) is 0 Å². The van der Waals surface area contributed by atoms with Gasteiger partial charge in [-0.2, -0.15) is 25.3 Å². The monoisotopic (exact) mass is 2100 g/mol. The number of carbonyl (C=O) groups excluding carboxylic acids is 17. The number of hydrogen-bond donors (Lipinski definition) is 27. The lowest BCUT2D eigenvalue weighted by Gasteiger charge is -2.29. The number of aliphatic carboxylic acids is 3. The minimum atomic E-state index is -1.79. The van der Waals surface area contributed by atoms with Crippen molar-refractivity contribution in [2.75, 3.05) is 24.6 Å². The van der Waals surface area contributed by atoms with Crippen molar-refractivity contribution in [3.63, 3.8) is 0 Å². The molecule has 0 saturated heterocycles. The molecule has 2 heterocycles. The molecule has 45 nitrogen and oxygen atoms in total. The molecule has 808 valence electrons. The van der Waals surface area contributed by atoms with Crippen molar-refractivity contribution in [2.45, 2.75) is 260 Å². The second-order valence-corrected chi connectivity index (χ2v) is 38.4. The Morgan fingerprint density at radius 1 is 0.302 bits per heavy atom. The minimum Gasteiger partial charge on any atom is -0.481 e. The molecule has 16 atom stereocenters. The molecule has 0 aliphatic rings. The number of nitrogens with one attached hydrogen (secondary N) is 17. The van der Waals surface area contributed by atoms with Gasteiger partial charge in [-0.25, -0.2) is 4.79 Å². The third kappa shape index (κ3) is 40.7. The summed E-state index contributed by atoms with van der Waals surface area (Å²) in [5.41, 5.74) is 32.8. The molecule has 7 rings (SSSR count). The quantitative estimate of drug-likeness (QED) is 0.0164. The number of hydrogen-bond acceptors (Lipinski definition) is 25. The van der Waals surface area contributed by atoms with E-state index in [0.29, 0.717) is 49.6 Å². The minimum absolute atomic E-state index is 0.0231. The van der Waals surface area contributed by atoms with Gasteiger partial charge in [-0.1, -0.05) is 169 Å². The molecule has 2 aromatic heterocycles. The second kappa shape index (κ2) is 61.7. The number of H-pyrrole nitrogens is 2. The van der Waals surface area contributed by atoms with E-state index in [1.165, 1.54) is 0 Å². The summed E-state index contributed by atoms with van der Waals surface area (Å²) >= 11 is 8.68. The summed E-state index contributed by atoms with van der Waals surface area (Å²) in [6, 6.07) is 13.0. The van der Waals surface area contributed by atoms with Gasteiger partial charge in [0.15, 0.2) is 0 Å². The molecule has 30 N–H and O–H groups in total. The Bertz CT molecular complexity index is 5740. The predicted molar refractivity (Wildman–Crippen MR) is 558 cm³/mol. The van der Waals surface area contributed by atoms with Crippen molar-refractivity contribution >= 4 is 165 Å². The van der Waals surface area contributed by atoms with E-state index in [1.807, 2.05) is 0 Å². The maximum Gasteiger partial charge on any atom is 0.326 e. The van der Waals surface area contributed by atoms with E-state index in [-0.39, 0.29) is 108 Å². The molecule has 47 heteroatoms. The standard InChI is InChI=1S/C102H140N22O23S2/c1-55(2)42-72(92(136)121-79(102(146)147)43-56(3)4)115-97(141)78(50-83(107)126)120-100(144)80(53-148)122-95(139)75(46-60-28-14-9-15-29-60)118-96(140)76(47-61-51-108-66-32-18-16-30-63(61)66)119-90(134)70(36-38-82(106)125)112-89(133)68(34-20-22-40-103)110-88(132)69(35-21-23-41-104)111-93(137)73(44-58-24-10-7-11-25-58)117-94(138)74(45-59-26-12-8-13-27-59)116-91(135)71(37-39-84(127)128)113-99(143)81(54-149)123-101(145)86(57(5)6)124-98(142)77(114-87(131)65(105)49-85(129)130)48-62-52-109-67-33-19-17-31-64(62)67/h7-19,24-33,51-52,55-57,65,68-81,86,108-109,148-149H,20-23,34-50,53-54,103-105H2,1-6H3,(H2,106,125)(H2,107,126)(H,110,132)(H,111,137)(H,112,133)(H,113,143)(H,114,131)(H,115,141)(H,116,135)(H,117,138)(H,118,140)(H,119,134)(H,120,144)(H,121,136)(H,122,139)(H,123,145)(H,124,142)(H,127,128)(H,129,130)(H,146,147)/t65-,68-,69-,70-,71-,72-,73-,74-,75-,76-,77-,78-,79-,80-,81-,86-/m0/s1. The molecular formula is C102H140N22O23S2. The average molecular weight is 2110 g/mol. The summed E-state index contributed by atoms with van der Waals surface area (Å²) < 4.78 is 0. The van der Waals surface area contributed by atoms with Crippen LogP contribution in [-0.2, 0) is 128 Å². The molecule has 0 aliphatic heterocycles. The van der Waals surface area contributed by atoms with Crippen molar-refractivity contribution in [1.29, 1.82) is 0 Å². The zero-order valence-corrected chi connectivity index (χ0v) is 85.7. The topological polar surface area (TPSA) is 744 Å². The zero-order valence-electron chi connectivity index (χ0n) is 84.0. The van der Waals surface area contributed by atoms with Crippen LogP contribution in [0, 0.1) is 17.8 Å². The number of carboxylic acids is 3. The Labute approximate surface area is 872 Å². The molecule has 0 saturated carbocycles. The first-order valence-electron chi connectivity index (χ1n) is 49.3. The van der Waals surface area contributed by atoms with E-state index < -0.39 is 271 Å². The maximum atomic E-state index is 15.4. The van der Waals surface area contributed by atoms with Gasteiger partial charge in [0, 0.05) is 90.7 Å². The molecule has 5 aromatic carbocycles. The molecule has 0 radical (unpaired) electrons. The second-order valence-electron chi connectivity index (χ2n) is 37.6. The van der Waals surface area contributed by atoms with Crippen LogP contribution in [0.15, 0.2) is 152 Å². The fourth-order valence-corrected chi connectivity index (χ4v) is 16.8. The van der Waals surface area contributed by atoms with Crippen LogP contribution in [0.5, 0.6) is 0 Å². The first-order chi connectivity index (χ1) is 70.9. The van der Waals surface area contributed by atoms with Crippen molar-refractivity contribution in [3.05, 3.63) is 180 Å². The lowest BCUT2D eigenvalue weighted by atomic mass is 10.00. The van der Waals surface area contributed by atoms with Crippen LogP contribution in [0.2, 0.25) is 0 Å². The highest BCUT2D eigenvalue weighted by atomic mass is 32.1. The van der Waals surface area contributed by atoms with E-state index in [2.05, 4.69) is 115 Å². The fourth-order valence-electron chi connectivity index (χ4n) is 16.3. The average Bonchev–Trinajstić information content (AvgIpc) is 1.70. The number of thiol groups is 2. The fraction of sp³-hybridized carbons (Fsp3) is 0.471. The molecule has 149 heavy (non-hydrogen) atoms. The van der Waals surface area contributed by atoms with Gasteiger partial charge in [-0.05, 0) is 135 Å². The molecular weight excluding hydrogens is 1970 g/mol. The van der Waals surface area contributed by atoms with Crippen LogP contribution < -0.4 is 108 Å². The van der Waals surface area contributed by atoms with E-state index in [4.69, 9.17) is 28.7 Å². The number of fused-ring (bicyclic) bond motifs is 2. The lowest BCUT2D eigenvalue weighted by Crippen LogP contribution is -2.62. The van der Waals surface area contributed by atoms with Crippen LogP contribution in [0.4, 0.5) is 0 Å². The number of unbranched alkanes of at least 4 members (excludes halogenated alkanes) is 2. The van der Waals surface area contributed by atoms with Gasteiger partial charge in [-0.3, -0.25) is 91.1 Å². The highest BCUT2D eigenvalue weighted by Crippen LogP contribution is 2.24. The van der Waals surface area contributed by atoms with Crippen LogP contribution >= 0.6 is 25.3 Å². The van der Waals surface area contributed by atoms with E-state index in [1.54, 1.807) is 193 Å². The predicted octanol–water partition coefficient (Wildman–Crippen LogP) is -0.807. The number of rotatable bonds is 66. The van der Waals surface area contributed by atoms with Crippen molar-refractivity contribution in [2.24, 2.45) is 46.4 Å². The number of primary amides is 2. The summed E-state index contributed by atoms with van der Waals surface area (Å²) in [6.45, 7) is 10.3. The first kappa shape index (κ1) is 121. The summed E-state index contributed by atoms with van der Waals surface area (Å²) in [6.07, 6.45) is -1.75. The Morgan fingerprint density at radius 3 is 0.953 bits per heavy atom. The summed E-state index contributed by atoms with van der Waals surface area (Å²) in [5.74, 6) is -23.6. The van der Waals surface area contributed by atoms with Crippen molar-refractivity contribution < 1.29 is 111 Å². The molecule has 0 unspecified atom stereocenters.